The van der Waals surface area contributed by atoms with E-state index in [0.29, 0.717) is 5.56 Å². The SMILES string of the molecule is CC(=O)OC(C(=O)N1C(=O)CCC1C(=O)OC(C)C)c1ccccc1. The van der Waals surface area contributed by atoms with Crippen molar-refractivity contribution in [2.75, 3.05) is 0 Å². The second-order valence-corrected chi connectivity index (χ2v) is 6.04. The largest absolute Gasteiger partial charge is 0.461 e. The number of hydrogen-bond acceptors (Lipinski definition) is 6. The average Bonchev–Trinajstić information content (AvgIpc) is 2.94. The molecule has 0 bridgehead atoms. The Hall–Kier alpha value is -2.70. The fourth-order valence-electron chi connectivity index (χ4n) is 2.68. The number of imide groups is 1. The predicted octanol–water partition coefficient (Wildman–Crippen LogP) is 1.76. The maximum Gasteiger partial charge on any atom is 0.329 e. The molecule has 0 aromatic heterocycles. The summed E-state index contributed by atoms with van der Waals surface area (Å²) >= 11 is 0. The predicted molar refractivity (Wildman–Crippen MR) is 87.1 cm³/mol. The number of amides is 2. The van der Waals surface area contributed by atoms with Crippen LogP contribution in [0.15, 0.2) is 30.3 Å². The Kier molecular flexibility index (Phi) is 5.90. The van der Waals surface area contributed by atoms with Crippen LogP contribution in [0.5, 0.6) is 0 Å². The molecule has 1 aliphatic rings. The van der Waals surface area contributed by atoms with Crippen molar-refractivity contribution in [3.05, 3.63) is 35.9 Å². The summed E-state index contributed by atoms with van der Waals surface area (Å²) in [5, 5.41) is 0. The molecule has 7 heteroatoms. The van der Waals surface area contributed by atoms with Gasteiger partial charge in [0.15, 0.2) is 0 Å². The van der Waals surface area contributed by atoms with Crippen LogP contribution >= 0.6 is 0 Å². The standard InChI is InChI=1S/C18H21NO6/c1-11(2)24-18(23)14-9-10-15(21)19(14)17(22)16(25-12(3)20)13-7-5-4-6-8-13/h4-8,11,14,16H,9-10H2,1-3H3. The van der Waals surface area contributed by atoms with E-state index in [4.69, 9.17) is 9.47 Å². The molecule has 0 N–H and O–H groups in total. The highest BCUT2D eigenvalue weighted by atomic mass is 16.6. The van der Waals surface area contributed by atoms with Crippen molar-refractivity contribution in [2.45, 2.75) is 51.9 Å². The minimum atomic E-state index is -1.28. The summed E-state index contributed by atoms with van der Waals surface area (Å²) in [7, 11) is 0. The lowest BCUT2D eigenvalue weighted by Crippen LogP contribution is -2.47. The zero-order valence-corrected chi connectivity index (χ0v) is 14.4. The summed E-state index contributed by atoms with van der Waals surface area (Å²) in [6, 6.07) is 7.37. The lowest BCUT2D eigenvalue weighted by Gasteiger charge is -2.26. The fraction of sp³-hybridized carbons (Fsp3) is 0.444. The molecule has 2 unspecified atom stereocenters. The van der Waals surface area contributed by atoms with Gasteiger partial charge in [-0.05, 0) is 20.3 Å². The summed E-state index contributed by atoms with van der Waals surface area (Å²) in [5.41, 5.74) is 0.429. The Morgan fingerprint density at radius 2 is 1.76 bits per heavy atom. The van der Waals surface area contributed by atoms with E-state index in [1.807, 2.05) is 0 Å². The molecule has 1 aromatic carbocycles. The first kappa shape index (κ1) is 18.6. The van der Waals surface area contributed by atoms with Gasteiger partial charge in [-0.15, -0.1) is 0 Å². The van der Waals surface area contributed by atoms with E-state index in [2.05, 4.69) is 0 Å². The quantitative estimate of drug-likeness (QED) is 0.754. The van der Waals surface area contributed by atoms with Crippen molar-refractivity contribution in [1.29, 1.82) is 0 Å². The molecule has 2 amide bonds. The van der Waals surface area contributed by atoms with Crippen LogP contribution < -0.4 is 0 Å². The molecule has 1 heterocycles. The molecule has 0 spiro atoms. The number of hydrogen-bond donors (Lipinski definition) is 0. The first-order chi connectivity index (χ1) is 11.8. The van der Waals surface area contributed by atoms with Gasteiger partial charge >= 0.3 is 11.9 Å². The number of ether oxygens (including phenoxy) is 2. The van der Waals surface area contributed by atoms with Gasteiger partial charge in [-0.3, -0.25) is 19.3 Å². The van der Waals surface area contributed by atoms with Crippen molar-refractivity contribution in [1.82, 2.24) is 4.90 Å². The van der Waals surface area contributed by atoms with Crippen LogP contribution in [0.2, 0.25) is 0 Å². The molecule has 0 saturated carbocycles. The zero-order valence-electron chi connectivity index (χ0n) is 14.4. The normalized spacial score (nSPS) is 18.2. The zero-order chi connectivity index (χ0) is 18.6. The minimum Gasteiger partial charge on any atom is -0.461 e. The second-order valence-electron chi connectivity index (χ2n) is 6.04. The number of carbonyl (C=O) groups excluding carboxylic acids is 4. The highest BCUT2D eigenvalue weighted by molar-refractivity contribution is 6.04. The maximum absolute atomic E-state index is 12.9. The van der Waals surface area contributed by atoms with E-state index in [1.54, 1.807) is 44.2 Å². The Labute approximate surface area is 145 Å². The van der Waals surface area contributed by atoms with Gasteiger partial charge in [0.1, 0.15) is 6.04 Å². The fourth-order valence-corrected chi connectivity index (χ4v) is 2.68. The number of rotatable bonds is 5. The van der Waals surface area contributed by atoms with Gasteiger partial charge < -0.3 is 9.47 Å². The van der Waals surface area contributed by atoms with Gasteiger partial charge in [0, 0.05) is 18.9 Å². The molecular formula is C18H21NO6. The van der Waals surface area contributed by atoms with Gasteiger partial charge in [0.05, 0.1) is 6.10 Å². The summed E-state index contributed by atoms with van der Waals surface area (Å²) in [5.74, 6) is -2.52. The van der Waals surface area contributed by atoms with Gasteiger partial charge in [-0.2, -0.15) is 0 Å². The maximum atomic E-state index is 12.9. The third-order valence-electron chi connectivity index (χ3n) is 3.68. The highest BCUT2D eigenvalue weighted by Crippen LogP contribution is 2.27. The Morgan fingerprint density at radius 1 is 1.12 bits per heavy atom. The molecule has 7 nitrogen and oxygen atoms in total. The monoisotopic (exact) mass is 347 g/mol. The Bertz CT molecular complexity index is 669. The van der Waals surface area contributed by atoms with Crippen molar-refractivity contribution in [3.63, 3.8) is 0 Å². The van der Waals surface area contributed by atoms with E-state index in [9.17, 15) is 19.2 Å². The molecule has 25 heavy (non-hydrogen) atoms. The number of likely N-dealkylation sites (tertiary alicyclic amines) is 1. The molecule has 134 valence electrons. The molecule has 1 aliphatic heterocycles. The number of esters is 2. The number of benzene rings is 1. The third-order valence-corrected chi connectivity index (χ3v) is 3.68. The minimum absolute atomic E-state index is 0.0607. The molecule has 2 atom stereocenters. The molecule has 2 rings (SSSR count). The van der Waals surface area contributed by atoms with Crippen LogP contribution in [-0.4, -0.2) is 40.8 Å². The first-order valence-corrected chi connectivity index (χ1v) is 8.09. The molecule has 1 aromatic rings. The summed E-state index contributed by atoms with van der Waals surface area (Å²) in [4.78, 5) is 49.6. The van der Waals surface area contributed by atoms with E-state index in [1.165, 1.54) is 6.92 Å². The molecule has 0 radical (unpaired) electrons. The van der Waals surface area contributed by atoms with Crippen molar-refractivity contribution >= 4 is 23.8 Å². The van der Waals surface area contributed by atoms with Gasteiger partial charge in [-0.25, -0.2) is 4.79 Å². The van der Waals surface area contributed by atoms with Crippen LogP contribution in [-0.2, 0) is 28.7 Å². The van der Waals surface area contributed by atoms with Gasteiger partial charge in [0.25, 0.3) is 5.91 Å². The highest BCUT2D eigenvalue weighted by Gasteiger charge is 2.44. The van der Waals surface area contributed by atoms with Crippen molar-refractivity contribution in [3.8, 4) is 0 Å². The number of carbonyl (C=O) groups is 4. The van der Waals surface area contributed by atoms with Crippen LogP contribution in [0.25, 0.3) is 0 Å². The van der Waals surface area contributed by atoms with E-state index in [-0.39, 0.29) is 18.9 Å². The van der Waals surface area contributed by atoms with Crippen LogP contribution in [0, 0.1) is 0 Å². The summed E-state index contributed by atoms with van der Waals surface area (Å²) in [6.07, 6.45) is -1.39. The van der Waals surface area contributed by atoms with E-state index >= 15 is 0 Å². The lowest BCUT2D eigenvalue weighted by atomic mass is 10.1. The van der Waals surface area contributed by atoms with Crippen molar-refractivity contribution < 1.29 is 28.7 Å². The summed E-state index contributed by atoms with van der Waals surface area (Å²) < 4.78 is 10.3. The van der Waals surface area contributed by atoms with E-state index < -0.39 is 35.9 Å². The second kappa shape index (κ2) is 7.92. The third kappa shape index (κ3) is 4.43. The van der Waals surface area contributed by atoms with E-state index in [0.717, 1.165) is 4.90 Å². The van der Waals surface area contributed by atoms with Crippen molar-refractivity contribution in [2.24, 2.45) is 0 Å². The van der Waals surface area contributed by atoms with Gasteiger partial charge in [0.2, 0.25) is 12.0 Å². The molecular weight excluding hydrogens is 326 g/mol. The Morgan fingerprint density at radius 3 is 2.32 bits per heavy atom. The summed E-state index contributed by atoms with van der Waals surface area (Å²) in [6.45, 7) is 4.55. The lowest BCUT2D eigenvalue weighted by molar-refractivity contribution is -0.168. The topological polar surface area (TPSA) is 90.0 Å². The van der Waals surface area contributed by atoms with Crippen LogP contribution in [0.1, 0.15) is 45.3 Å². The number of nitrogens with zero attached hydrogens (tertiary/aromatic N) is 1. The average molecular weight is 347 g/mol. The molecule has 0 aliphatic carbocycles. The van der Waals surface area contributed by atoms with Crippen LogP contribution in [0.3, 0.4) is 0 Å². The molecule has 1 saturated heterocycles. The van der Waals surface area contributed by atoms with Gasteiger partial charge in [-0.1, -0.05) is 30.3 Å². The molecule has 1 fully saturated rings. The first-order valence-electron chi connectivity index (χ1n) is 8.09. The Balaban J connectivity index is 2.30. The van der Waals surface area contributed by atoms with Crippen LogP contribution in [0.4, 0.5) is 0 Å². The smallest absolute Gasteiger partial charge is 0.329 e.